The first kappa shape index (κ1) is 36.2. The van der Waals surface area contributed by atoms with Crippen LogP contribution in [0.5, 0.6) is 0 Å². The van der Waals surface area contributed by atoms with Crippen molar-refractivity contribution in [1.29, 1.82) is 0 Å². The maximum atomic E-state index is 5.43. The van der Waals surface area contributed by atoms with Crippen LogP contribution >= 0.6 is 11.3 Å². The summed E-state index contributed by atoms with van der Waals surface area (Å²) in [5.41, 5.74) is 16.5. The molecule has 0 saturated heterocycles. The van der Waals surface area contributed by atoms with Gasteiger partial charge in [0.1, 0.15) is 0 Å². The van der Waals surface area contributed by atoms with E-state index in [-0.39, 0.29) is 0 Å². The Morgan fingerprint density at radius 1 is 0.328 bits per heavy atom. The van der Waals surface area contributed by atoms with Gasteiger partial charge >= 0.3 is 0 Å². The predicted octanol–water partition coefficient (Wildman–Crippen LogP) is 15.0. The van der Waals surface area contributed by atoms with Crippen LogP contribution in [0.2, 0.25) is 0 Å². The zero-order valence-electron chi connectivity index (χ0n) is 33.0. The van der Waals surface area contributed by atoms with E-state index >= 15 is 0 Å². The Labute approximate surface area is 358 Å². The van der Waals surface area contributed by atoms with E-state index < -0.39 is 0 Å². The molecule has 6 aromatic carbocycles. The van der Waals surface area contributed by atoms with Crippen LogP contribution in [-0.2, 0) is 0 Å². The number of nitrogens with zero attached hydrogens (tertiary/aromatic N) is 4. The second-order valence-electron chi connectivity index (χ2n) is 15.0. The first-order chi connectivity index (χ1) is 30.2. The van der Waals surface area contributed by atoms with Gasteiger partial charge in [0.05, 0.1) is 34.0 Å². The molecule has 0 amide bonds. The third kappa shape index (κ3) is 6.97. The molecule has 11 aromatic rings. The van der Waals surface area contributed by atoms with E-state index in [9.17, 15) is 0 Å². The fraction of sp³-hybridized carbons (Fsp3) is 0. The molecule has 5 heteroatoms. The summed E-state index contributed by atoms with van der Waals surface area (Å²) in [5.74, 6) is 0. The summed E-state index contributed by atoms with van der Waals surface area (Å²) in [6.45, 7) is 0. The summed E-state index contributed by atoms with van der Waals surface area (Å²) in [4.78, 5) is 21.0. The van der Waals surface area contributed by atoms with Gasteiger partial charge in [0, 0.05) is 43.9 Å². The number of para-hydroxylation sites is 1. The molecule has 286 valence electrons. The lowest BCUT2D eigenvalue weighted by Gasteiger charge is -2.14. The van der Waals surface area contributed by atoms with Crippen LogP contribution in [0.1, 0.15) is 0 Å². The van der Waals surface area contributed by atoms with Gasteiger partial charge in [-0.2, -0.15) is 0 Å². The third-order valence-corrected chi connectivity index (χ3v) is 12.4. The summed E-state index contributed by atoms with van der Waals surface area (Å²) in [5, 5.41) is 2.30. The van der Waals surface area contributed by atoms with Crippen LogP contribution in [0.3, 0.4) is 0 Å². The minimum atomic E-state index is 0.798. The summed E-state index contributed by atoms with van der Waals surface area (Å²) in [6, 6.07) is 72.7. The van der Waals surface area contributed by atoms with Crippen LogP contribution < -0.4 is 0 Å². The van der Waals surface area contributed by atoms with Crippen molar-refractivity contribution in [3.05, 3.63) is 219 Å². The van der Waals surface area contributed by atoms with Gasteiger partial charge in [0.15, 0.2) is 0 Å². The largest absolute Gasteiger partial charge is 0.255 e. The first-order valence-corrected chi connectivity index (χ1v) is 21.2. The molecule has 0 bridgehead atoms. The van der Waals surface area contributed by atoms with Crippen molar-refractivity contribution in [1.82, 2.24) is 19.9 Å². The fourth-order valence-electron chi connectivity index (χ4n) is 8.24. The molecule has 5 heterocycles. The smallest absolute Gasteiger partial charge is 0.0900 e. The lowest BCUT2D eigenvalue weighted by molar-refractivity contribution is 1.22. The van der Waals surface area contributed by atoms with Crippen molar-refractivity contribution in [2.24, 2.45) is 0 Å². The molecule has 11 rings (SSSR count). The van der Waals surface area contributed by atoms with E-state index in [0.717, 1.165) is 72.6 Å². The van der Waals surface area contributed by atoms with Crippen LogP contribution in [0, 0.1) is 0 Å². The van der Waals surface area contributed by atoms with Gasteiger partial charge in [-0.05, 0) is 105 Å². The number of hydrogen-bond acceptors (Lipinski definition) is 5. The van der Waals surface area contributed by atoms with Crippen molar-refractivity contribution in [2.75, 3.05) is 0 Å². The van der Waals surface area contributed by atoms with Gasteiger partial charge in [-0.1, -0.05) is 146 Å². The highest BCUT2D eigenvalue weighted by Gasteiger charge is 2.24. The van der Waals surface area contributed by atoms with E-state index in [0.29, 0.717) is 0 Å². The third-order valence-electron chi connectivity index (χ3n) is 11.2. The van der Waals surface area contributed by atoms with E-state index in [1.165, 1.54) is 37.4 Å². The van der Waals surface area contributed by atoms with E-state index in [1.807, 2.05) is 60.1 Å². The molecule has 0 spiro atoms. The van der Waals surface area contributed by atoms with Gasteiger partial charge in [-0.3, -0.25) is 9.97 Å². The summed E-state index contributed by atoms with van der Waals surface area (Å²) >= 11 is 1.86. The molecule has 4 nitrogen and oxygen atoms in total. The maximum Gasteiger partial charge on any atom is 0.0900 e. The Balaban J connectivity index is 1.16. The maximum absolute atomic E-state index is 5.43. The van der Waals surface area contributed by atoms with Crippen LogP contribution in [0.25, 0.3) is 110 Å². The zero-order chi connectivity index (χ0) is 40.5. The molecule has 5 aromatic heterocycles. The monoisotopic (exact) mass is 796 g/mol. The van der Waals surface area contributed by atoms with Crippen molar-refractivity contribution in [3.63, 3.8) is 0 Å². The minimum Gasteiger partial charge on any atom is -0.255 e. The normalized spacial score (nSPS) is 11.3. The molecular formula is C56H36N4S. The molecule has 0 aliphatic heterocycles. The molecule has 0 unspecified atom stereocenters. The second kappa shape index (κ2) is 15.7. The Kier molecular flexibility index (Phi) is 9.34. The van der Waals surface area contributed by atoms with E-state index in [1.54, 1.807) is 0 Å². The molecule has 0 atom stereocenters. The number of rotatable bonds is 8. The average Bonchev–Trinajstić information content (AvgIpc) is 3.76. The predicted molar refractivity (Wildman–Crippen MR) is 254 cm³/mol. The van der Waals surface area contributed by atoms with Gasteiger partial charge in [-0.25, -0.2) is 9.97 Å². The van der Waals surface area contributed by atoms with Crippen LogP contribution in [-0.4, -0.2) is 19.9 Å². The highest BCUT2D eigenvalue weighted by Crippen LogP contribution is 2.51. The Morgan fingerprint density at radius 2 is 0.803 bits per heavy atom. The Hall–Kier alpha value is -7.86. The minimum absolute atomic E-state index is 0.798. The Morgan fingerprint density at radius 3 is 1.38 bits per heavy atom. The zero-order valence-corrected chi connectivity index (χ0v) is 33.8. The molecule has 0 aliphatic carbocycles. The van der Waals surface area contributed by atoms with Gasteiger partial charge in [0.2, 0.25) is 0 Å². The standard InChI is InChI=1S/C56H36N4S/c1-4-16-37(17-5-1)42-32-43(38-18-6-2-7-19-38)34-45(33-42)55-52(53-54(41-20-8-3-9-21-41)60-47-23-11-10-22-46(47)56(53)61-55)40-28-26-39(27-29-40)44-35-50(48-24-12-14-30-57-48)59-51(36-44)49-25-13-15-31-58-49/h1-36H. The molecule has 0 N–H and O–H groups in total. The first-order valence-electron chi connectivity index (χ1n) is 20.4. The molecular weight excluding hydrogens is 761 g/mol. The van der Waals surface area contributed by atoms with Crippen molar-refractivity contribution >= 4 is 32.3 Å². The summed E-state index contributed by atoms with van der Waals surface area (Å²) in [7, 11) is 0. The molecule has 0 fully saturated rings. The number of thiophene rings is 1. The van der Waals surface area contributed by atoms with E-state index in [4.69, 9.17) is 9.97 Å². The highest BCUT2D eigenvalue weighted by molar-refractivity contribution is 7.24. The quantitative estimate of drug-likeness (QED) is 0.154. The molecule has 0 radical (unpaired) electrons. The van der Waals surface area contributed by atoms with Crippen LogP contribution in [0.4, 0.5) is 0 Å². The molecule has 0 saturated carbocycles. The Bertz CT molecular complexity index is 3200. The summed E-state index contributed by atoms with van der Waals surface area (Å²) < 4.78 is 1.22. The lowest BCUT2D eigenvalue weighted by atomic mass is 9.91. The topological polar surface area (TPSA) is 51.6 Å². The van der Waals surface area contributed by atoms with Crippen LogP contribution in [0.15, 0.2) is 219 Å². The molecule has 0 aliphatic rings. The highest BCUT2D eigenvalue weighted by atomic mass is 32.1. The summed E-state index contributed by atoms with van der Waals surface area (Å²) in [6.07, 6.45) is 3.61. The SMILES string of the molecule is c1ccc(-c2cc(-c3ccccc3)cc(-c3sc4c(c(-c5ccccc5)nc5ccccc54)c3-c3ccc(-c4cc(-c5ccccn5)nc(-c5ccccn5)c4)cc3)c2)cc1. The number of benzene rings is 6. The fourth-order valence-corrected chi connectivity index (χ4v) is 9.59. The number of fused-ring (bicyclic) bond motifs is 3. The number of pyridine rings is 4. The average molecular weight is 797 g/mol. The molecule has 61 heavy (non-hydrogen) atoms. The van der Waals surface area contributed by atoms with Crippen molar-refractivity contribution in [3.8, 4) is 89.0 Å². The van der Waals surface area contributed by atoms with E-state index in [2.05, 4.69) is 180 Å². The van der Waals surface area contributed by atoms with Crippen molar-refractivity contribution < 1.29 is 0 Å². The van der Waals surface area contributed by atoms with Gasteiger partial charge in [-0.15, -0.1) is 11.3 Å². The van der Waals surface area contributed by atoms with Crippen molar-refractivity contribution in [2.45, 2.75) is 0 Å². The lowest BCUT2D eigenvalue weighted by Crippen LogP contribution is -1.94. The second-order valence-corrected chi connectivity index (χ2v) is 16.0. The van der Waals surface area contributed by atoms with Gasteiger partial charge in [0.25, 0.3) is 0 Å². The number of aromatic nitrogens is 4. The number of hydrogen-bond donors (Lipinski definition) is 0. The van der Waals surface area contributed by atoms with Gasteiger partial charge < -0.3 is 0 Å².